The second kappa shape index (κ2) is 9.40. The lowest BCUT2D eigenvalue weighted by molar-refractivity contribution is 0.0557. The van der Waals surface area contributed by atoms with Crippen molar-refractivity contribution < 1.29 is 18.7 Å². The summed E-state index contributed by atoms with van der Waals surface area (Å²) < 4.78 is 25.4. The lowest BCUT2D eigenvalue weighted by atomic mass is 9.90. The number of nitrogens with one attached hydrogen (secondary N) is 1. The highest BCUT2D eigenvalue weighted by molar-refractivity contribution is 5.68. The number of carbonyl (C=O) groups excluding carboxylic acids is 1. The maximum Gasteiger partial charge on any atom is 0.410 e. The highest BCUT2D eigenvalue weighted by atomic mass is 19.1. The molecule has 2 unspecified atom stereocenters. The number of hydrogen-bond acceptors (Lipinski definition) is 4. The number of halogens is 1. The van der Waals surface area contributed by atoms with Crippen molar-refractivity contribution >= 4 is 6.09 Å². The van der Waals surface area contributed by atoms with Gasteiger partial charge in [-0.3, -0.25) is 0 Å². The third-order valence-electron chi connectivity index (χ3n) is 5.62. The highest BCUT2D eigenvalue weighted by Crippen LogP contribution is 2.25. The van der Waals surface area contributed by atoms with Crippen molar-refractivity contribution in [1.82, 2.24) is 10.2 Å². The first kappa shape index (κ1) is 19.9. The minimum Gasteiger partial charge on any atom is -0.493 e. The molecule has 1 saturated carbocycles. The van der Waals surface area contributed by atoms with Crippen LogP contribution in [0.1, 0.15) is 51.5 Å². The summed E-state index contributed by atoms with van der Waals surface area (Å²) in [5.41, 5.74) is 0.347. The van der Waals surface area contributed by atoms with E-state index in [1.165, 1.54) is 38.2 Å². The monoisotopic (exact) mass is 378 g/mol. The van der Waals surface area contributed by atoms with Gasteiger partial charge in [0, 0.05) is 30.7 Å². The van der Waals surface area contributed by atoms with Gasteiger partial charge in [-0.15, -0.1) is 0 Å². The van der Waals surface area contributed by atoms with Gasteiger partial charge < -0.3 is 19.7 Å². The minimum atomic E-state index is -0.399. The van der Waals surface area contributed by atoms with Gasteiger partial charge in [-0.25, -0.2) is 9.18 Å². The molecular weight excluding hydrogens is 347 g/mol. The van der Waals surface area contributed by atoms with E-state index in [-0.39, 0.29) is 24.5 Å². The van der Waals surface area contributed by atoms with E-state index in [0.29, 0.717) is 23.8 Å². The fraction of sp³-hybridized carbons (Fsp3) is 0.667. The van der Waals surface area contributed by atoms with Crippen LogP contribution in [0.4, 0.5) is 9.18 Å². The zero-order valence-electron chi connectivity index (χ0n) is 16.4. The molecule has 2 aliphatic rings. The first-order valence-electron chi connectivity index (χ1n) is 10.1. The van der Waals surface area contributed by atoms with Crippen LogP contribution >= 0.6 is 0 Å². The molecule has 1 amide bonds. The number of ether oxygens (including phenoxy) is 2. The Morgan fingerprint density at radius 2 is 1.89 bits per heavy atom. The van der Waals surface area contributed by atoms with E-state index < -0.39 is 6.09 Å². The van der Waals surface area contributed by atoms with E-state index in [2.05, 4.69) is 5.32 Å². The van der Waals surface area contributed by atoms with Crippen LogP contribution in [0.5, 0.6) is 5.75 Å². The van der Waals surface area contributed by atoms with Crippen LogP contribution in [0, 0.1) is 11.7 Å². The molecule has 0 spiro atoms. The molecule has 1 heterocycles. The van der Waals surface area contributed by atoms with Crippen molar-refractivity contribution in [2.24, 2.45) is 5.92 Å². The number of carbonyl (C=O) groups is 1. The molecule has 0 bridgehead atoms. The molecule has 1 aliphatic carbocycles. The lowest BCUT2D eigenvalue weighted by Crippen LogP contribution is -2.57. The average molecular weight is 378 g/mol. The van der Waals surface area contributed by atoms with Crippen LogP contribution in [0.25, 0.3) is 0 Å². The molecule has 0 aromatic heterocycles. The molecule has 150 valence electrons. The third kappa shape index (κ3) is 5.34. The first-order chi connectivity index (χ1) is 13.0. The van der Waals surface area contributed by atoms with Crippen LogP contribution in [-0.2, 0) is 11.3 Å². The topological polar surface area (TPSA) is 50.8 Å². The molecule has 2 atom stereocenters. The smallest absolute Gasteiger partial charge is 0.410 e. The highest BCUT2D eigenvalue weighted by Gasteiger charge is 2.30. The quantitative estimate of drug-likeness (QED) is 0.838. The van der Waals surface area contributed by atoms with E-state index in [9.17, 15) is 9.18 Å². The normalized spacial score (nSPS) is 23.9. The van der Waals surface area contributed by atoms with Crippen LogP contribution < -0.4 is 10.1 Å². The maximum atomic E-state index is 14.1. The molecule has 5 nitrogen and oxygen atoms in total. The molecule has 2 fully saturated rings. The van der Waals surface area contributed by atoms with Gasteiger partial charge in [0.15, 0.2) is 0 Å². The van der Waals surface area contributed by atoms with Gasteiger partial charge in [0.1, 0.15) is 18.2 Å². The Kier molecular flexibility index (Phi) is 6.94. The van der Waals surface area contributed by atoms with Crippen molar-refractivity contribution in [3.63, 3.8) is 0 Å². The Morgan fingerprint density at radius 1 is 1.19 bits per heavy atom. The number of nitrogens with zero attached hydrogens (tertiary/aromatic N) is 1. The Hall–Kier alpha value is -1.82. The predicted molar refractivity (Wildman–Crippen MR) is 102 cm³/mol. The van der Waals surface area contributed by atoms with Gasteiger partial charge in [0.2, 0.25) is 0 Å². The van der Waals surface area contributed by atoms with Gasteiger partial charge >= 0.3 is 6.09 Å². The number of amides is 1. The zero-order chi connectivity index (χ0) is 19.2. The van der Waals surface area contributed by atoms with Gasteiger partial charge in [0.25, 0.3) is 0 Å². The summed E-state index contributed by atoms with van der Waals surface area (Å²) in [7, 11) is 0. The van der Waals surface area contributed by atoms with Gasteiger partial charge in [-0.05, 0) is 50.8 Å². The standard InChI is InChI=1S/C21H31FN2O3/c1-15-11-23-12-16(2)24(15)21(25)27-14-18-10-19(8-9-20(18)22)26-13-17-6-4-3-5-7-17/h8-10,15-17,23H,3-7,11-14H2,1-2H3. The molecule has 6 heteroatoms. The molecule has 0 radical (unpaired) electrons. The van der Waals surface area contributed by atoms with Crippen LogP contribution in [-0.4, -0.2) is 42.8 Å². The summed E-state index contributed by atoms with van der Waals surface area (Å²) in [5, 5.41) is 3.27. The SMILES string of the molecule is CC1CNCC(C)N1C(=O)OCc1cc(OCC2CCCCC2)ccc1F. The molecule has 3 rings (SSSR count). The summed E-state index contributed by atoms with van der Waals surface area (Å²) in [6.45, 7) is 6.00. The number of piperazine rings is 1. The predicted octanol–water partition coefficient (Wildman–Crippen LogP) is 4.10. The molecule has 1 N–H and O–H groups in total. The third-order valence-corrected chi connectivity index (χ3v) is 5.62. The van der Waals surface area contributed by atoms with Crippen LogP contribution in [0.15, 0.2) is 18.2 Å². The minimum absolute atomic E-state index is 0.0521. The summed E-state index contributed by atoms with van der Waals surface area (Å²) in [5.74, 6) is 0.840. The van der Waals surface area contributed by atoms with Crippen molar-refractivity contribution in [3.05, 3.63) is 29.6 Å². The molecule has 1 aromatic rings. The second-order valence-corrected chi connectivity index (χ2v) is 7.89. The number of benzene rings is 1. The fourth-order valence-corrected chi connectivity index (χ4v) is 4.03. The van der Waals surface area contributed by atoms with Crippen LogP contribution in [0.3, 0.4) is 0 Å². The summed E-state index contributed by atoms with van der Waals surface area (Å²) in [6, 6.07) is 4.78. The first-order valence-corrected chi connectivity index (χ1v) is 10.1. The van der Waals surface area contributed by atoms with E-state index in [1.54, 1.807) is 17.0 Å². The van der Waals surface area contributed by atoms with Gasteiger partial charge in [-0.2, -0.15) is 0 Å². The van der Waals surface area contributed by atoms with Gasteiger partial charge in [-0.1, -0.05) is 19.3 Å². The Bertz CT molecular complexity index is 624. The molecule has 27 heavy (non-hydrogen) atoms. The molecule has 1 saturated heterocycles. The van der Waals surface area contributed by atoms with Crippen molar-refractivity contribution in [1.29, 1.82) is 0 Å². The Morgan fingerprint density at radius 3 is 2.59 bits per heavy atom. The zero-order valence-corrected chi connectivity index (χ0v) is 16.4. The van der Waals surface area contributed by atoms with E-state index in [1.807, 2.05) is 13.8 Å². The van der Waals surface area contributed by atoms with E-state index >= 15 is 0 Å². The average Bonchev–Trinajstić information content (AvgIpc) is 2.67. The molecule has 1 aromatic carbocycles. The van der Waals surface area contributed by atoms with Gasteiger partial charge in [0.05, 0.1) is 6.61 Å². The van der Waals surface area contributed by atoms with Crippen LogP contribution in [0.2, 0.25) is 0 Å². The number of hydrogen-bond donors (Lipinski definition) is 1. The molecule has 1 aliphatic heterocycles. The maximum absolute atomic E-state index is 14.1. The van der Waals surface area contributed by atoms with E-state index in [4.69, 9.17) is 9.47 Å². The summed E-state index contributed by atoms with van der Waals surface area (Å²) in [4.78, 5) is 14.2. The summed E-state index contributed by atoms with van der Waals surface area (Å²) >= 11 is 0. The number of rotatable bonds is 5. The van der Waals surface area contributed by atoms with E-state index in [0.717, 1.165) is 13.1 Å². The second-order valence-electron chi connectivity index (χ2n) is 7.89. The largest absolute Gasteiger partial charge is 0.493 e. The van der Waals surface area contributed by atoms with Crippen molar-refractivity contribution in [3.8, 4) is 5.75 Å². The Labute approximate surface area is 161 Å². The summed E-state index contributed by atoms with van der Waals surface area (Å²) in [6.07, 6.45) is 5.85. The lowest BCUT2D eigenvalue weighted by Gasteiger charge is -2.38. The molecular formula is C21H31FN2O3. The Balaban J connectivity index is 1.55. The van der Waals surface area contributed by atoms with Crippen molar-refractivity contribution in [2.45, 2.75) is 64.6 Å². The fourth-order valence-electron chi connectivity index (χ4n) is 4.03. The van der Waals surface area contributed by atoms with Crippen molar-refractivity contribution in [2.75, 3.05) is 19.7 Å².